The summed E-state index contributed by atoms with van der Waals surface area (Å²) in [6.07, 6.45) is -5.38. The third-order valence-corrected chi connectivity index (χ3v) is 4.88. The summed E-state index contributed by atoms with van der Waals surface area (Å²) < 4.78 is 46.2. The lowest BCUT2D eigenvalue weighted by Gasteiger charge is -2.12. The first kappa shape index (κ1) is 26.4. The fraction of sp³-hybridized carbons (Fsp3) is 0.200. The summed E-state index contributed by atoms with van der Waals surface area (Å²) in [5.74, 6) is -0.517. The molecule has 0 fully saturated rings. The van der Waals surface area contributed by atoms with Crippen molar-refractivity contribution in [1.29, 1.82) is 0 Å². The van der Waals surface area contributed by atoms with Crippen LogP contribution in [0.5, 0.6) is 11.5 Å². The molecule has 0 spiro atoms. The largest absolute Gasteiger partial charge is 0.573 e. The van der Waals surface area contributed by atoms with E-state index >= 15 is 0 Å². The lowest BCUT2D eigenvalue weighted by Crippen LogP contribution is -2.33. The van der Waals surface area contributed by atoms with Crippen LogP contribution in [0.25, 0.3) is 11.1 Å². The molecule has 0 saturated heterocycles. The number of nitrogens with two attached hydrogens (primary N) is 1. The first-order valence-electron chi connectivity index (χ1n) is 10.8. The summed E-state index contributed by atoms with van der Waals surface area (Å²) in [5, 5.41) is 5.33. The summed E-state index contributed by atoms with van der Waals surface area (Å²) in [5.41, 5.74) is 8.16. The molecule has 0 bridgehead atoms. The fourth-order valence-corrected chi connectivity index (χ4v) is 3.09. The van der Waals surface area contributed by atoms with Crippen molar-refractivity contribution >= 4 is 23.4 Å². The second-order valence-corrected chi connectivity index (χ2v) is 7.97. The summed E-state index contributed by atoms with van der Waals surface area (Å²) in [6.45, 7) is 1.09. The lowest BCUT2D eigenvalue weighted by atomic mass is 10.0. The quantitative estimate of drug-likeness (QED) is 0.385. The highest BCUT2D eigenvalue weighted by molar-refractivity contribution is 6.06. The Kier molecular flexibility index (Phi) is 8.38. The zero-order valence-electron chi connectivity index (χ0n) is 19.6. The van der Waals surface area contributed by atoms with Crippen LogP contribution in [-0.2, 0) is 0 Å². The standard InChI is InChI=1S/C25H25F3N4O4/c1-32(2)14-13-30-24(34)35-19-8-5-17(6-9-19)23(33)31-22-15-18(7-12-21(22)29)16-3-10-20(11-4-16)36-25(26,27)28/h3-12,15H,13-14,29H2,1-2H3,(H,30,34)(H,31,33). The van der Waals surface area contributed by atoms with E-state index < -0.39 is 18.4 Å². The highest BCUT2D eigenvalue weighted by Crippen LogP contribution is 2.30. The molecule has 0 aromatic heterocycles. The van der Waals surface area contributed by atoms with Crippen molar-refractivity contribution in [3.8, 4) is 22.6 Å². The SMILES string of the molecule is CN(C)CCNC(=O)Oc1ccc(C(=O)Nc2cc(-c3ccc(OC(F)(F)F)cc3)ccc2N)cc1. The van der Waals surface area contributed by atoms with Gasteiger partial charge in [0, 0.05) is 18.7 Å². The van der Waals surface area contributed by atoms with Gasteiger partial charge < -0.3 is 30.7 Å². The minimum Gasteiger partial charge on any atom is -0.410 e. The minimum atomic E-state index is -4.77. The molecule has 2 amide bonds. The Labute approximate surface area is 205 Å². The first-order valence-corrected chi connectivity index (χ1v) is 10.8. The lowest BCUT2D eigenvalue weighted by molar-refractivity contribution is -0.274. The number of nitrogens with one attached hydrogen (secondary N) is 2. The van der Waals surface area contributed by atoms with Crippen LogP contribution in [0.4, 0.5) is 29.3 Å². The Morgan fingerprint density at radius 3 is 2.14 bits per heavy atom. The van der Waals surface area contributed by atoms with Gasteiger partial charge >= 0.3 is 12.5 Å². The topological polar surface area (TPSA) is 106 Å². The number of nitrogens with zero attached hydrogens (tertiary/aromatic N) is 1. The molecule has 3 aromatic rings. The van der Waals surface area contributed by atoms with Crippen LogP contribution in [0.2, 0.25) is 0 Å². The molecule has 0 aliphatic rings. The zero-order chi connectivity index (χ0) is 26.3. The van der Waals surface area contributed by atoms with E-state index in [2.05, 4.69) is 15.4 Å². The van der Waals surface area contributed by atoms with Gasteiger partial charge in [-0.1, -0.05) is 18.2 Å². The van der Waals surface area contributed by atoms with Crippen LogP contribution in [0.1, 0.15) is 10.4 Å². The highest BCUT2D eigenvalue weighted by atomic mass is 19.4. The molecule has 0 heterocycles. The van der Waals surface area contributed by atoms with Gasteiger partial charge in [0.25, 0.3) is 5.91 Å². The molecule has 11 heteroatoms. The van der Waals surface area contributed by atoms with Gasteiger partial charge in [0.2, 0.25) is 0 Å². The fourth-order valence-electron chi connectivity index (χ4n) is 3.09. The van der Waals surface area contributed by atoms with E-state index in [4.69, 9.17) is 10.5 Å². The van der Waals surface area contributed by atoms with Crippen LogP contribution < -0.4 is 25.8 Å². The van der Waals surface area contributed by atoms with Crippen molar-refractivity contribution in [2.45, 2.75) is 6.36 Å². The third-order valence-electron chi connectivity index (χ3n) is 4.88. The summed E-state index contributed by atoms with van der Waals surface area (Å²) in [6, 6.07) is 16.2. The molecule has 0 saturated carbocycles. The van der Waals surface area contributed by atoms with E-state index in [-0.39, 0.29) is 11.5 Å². The number of carbonyl (C=O) groups excluding carboxylic acids is 2. The number of amides is 2. The van der Waals surface area contributed by atoms with Gasteiger partial charge in [-0.25, -0.2) is 4.79 Å². The number of alkyl halides is 3. The van der Waals surface area contributed by atoms with E-state index in [0.29, 0.717) is 41.2 Å². The second kappa shape index (κ2) is 11.5. The Bertz CT molecular complexity index is 1200. The second-order valence-electron chi connectivity index (χ2n) is 7.97. The third kappa shape index (κ3) is 7.91. The maximum Gasteiger partial charge on any atom is 0.573 e. The van der Waals surface area contributed by atoms with E-state index in [9.17, 15) is 22.8 Å². The van der Waals surface area contributed by atoms with Gasteiger partial charge in [-0.15, -0.1) is 13.2 Å². The Balaban J connectivity index is 1.64. The molecule has 3 rings (SSSR count). The first-order chi connectivity index (χ1) is 17.0. The van der Waals surface area contributed by atoms with Crippen molar-refractivity contribution < 1.29 is 32.2 Å². The Hall–Kier alpha value is -4.25. The smallest absolute Gasteiger partial charge is 0.410 e. The number of likely N-dealkylation sites (N-methyl/N-ethyl adjacent to an activating group) is 1. The highest BCUT2D eigenvalue weighted by Gasteiger charge is 2.31. The summed E-state index contributed by atoms with van der Waals surface area (Å²) >= 11 is 0. The molecule has 190 valence electrons. The maximum absolute atomic E-state index is 12.7. The Morgan fingerprint density at radius 1 is 0.917 bits per heavy atom. The van der Waals surface area contributed by atoms with E-state index in [0.717, 1.165) is 0 Å². The van der Waals surface area contributed by atoms with Gasteiger partial charge in [0.05, 0.1) is 11.4 Å². The number of ether oxygens (including phenoxy) is 2. The van der Waals surface area contributed by atoms with Crippen LogP contribution in [0, 0.1) is 0 Å². The van der Waals surface area contributed by atoms with Gasteiger partial charge in [-0.05, 0) is 73.8 Å². The zero-order valence-corrected chi connectivity index (χ0v) is 19.6. The van der Waals surface area contributed by atoms with Crippen molar-refractivity contribution in [3.63, 3.8) is 0 Å². The van der Waals surface area contributed by atoms with Gasteiger partial charge in [0.15, 0.2) is 0 Å². The van der Waals surface area contributed by atoms with Crippen LogP contribution in [-0.4, -0.2) is 50.4 Å². The predicted octanol–water partition coefficient (Wildman–Crippen LogP) is 4.74. The predicted molar refractivity (Wildman–Crippen MR) is 130 cm³/mol. The minimum absolute atomic E-state index is 0.272. The van der Waals surface area contributed by atoms with Gasteiger partial charge in [-0.2, -0.15) is 0 Å². The van der Waals surface area contributed by atoms with Crippen LogP contribution in [0.3, 0.4) is 0 Å². The molecule has 4 N–H and O–H groups in total. The van der Waals surface area contributed by atoms with Crippen LogP contribution in [0.15, 0.2) is 66.7 Å². The maximum atomic E-state index is 12.7. The summed E-state index contributed by atoms with van der Waals surface area (Å²) in [7, 11) is 3.77. The summed E-state index contributed by atoms with van der Waals surface area (Å²) in [4.78, 5) is 26.4. The van der Waals surface area contributed by atoms with Gasteiger partial charge in [-0.3, -0.25) is 4.79 Å². The van der Waals surface area contributed by atoms with Crippen molar-refractivity contribution in [1.82, 2.24) is 10.2 Å². The molecule has 0 atom stereocenters. The molecule has 0 unspecified atom stereocenters. The van der Waals surface area contributed by atoms with Crippen LogP contribution >= 0.6 is 0 Å². The average Bonchev–Trinajstić information content (AvgIpc) is 2.80. The number of nitrogen functional groups attached to an aromatic ring is 1. The number of halogens is 3. The van der Waals surface area contributed by atoms with E-state index in [1.54, 1.807) is 18.2 Å². The number of carbonyl (C=O) groups is 2. The molecule has 3 aromatic carbocycles. The molecule has 36 heavy (non-hydrogen) atoms. The number of rotatable bonds is 8. The molecule has 0 aliphatic heterocycles. The normalized spacial score (nSPS) is 11.2. The van der Waals surface area contributed by atoms with E-state index in [1.807, 2.05) is 19.0 Å². The number of hydrogen-bond acceptors (Lipinski definition) is 6. The van der Waals surface area contributed by atoms with Crippen molar-refractivity contribution in [2.24, 2.45) is 0 Å². The average molecular weight is 502 g/mol. The monoisotopic (exact) mass is 502 g/mol. The molecular formula is C25H25F3N4O4. The van der Waals surface area contributed by atoms with Gasteiger partial charge in [0.1, 0.15) is 11.5 Å². The molecular weight excluding hydrogens is 477 g/mol. The molecule has 0 aliphatic carbocycles. The molecule has 0 radical (unpaired) electrons. The number of benzene rings is 3. The number of hydrogen-bond donors (Lipinski definition) is 3. The van der Waals surface area contributed by atoms with Crippen molar-refractivity contribution in [3.05, 3.63) is 72.3 Å². The Morgan fingerprint density at radius 2 is 1.53 bits per heavy atom. The van der Waals surface area contributed by atoms with E-state index in [1.165, 1.54) is 48.5 Å². The molecule has 8 nitrogen and oxygen atoms in total. The van der Waals surface area contributed by atoms with Crippen molar-refractivity contribution in [2.75, 3.05) is 38.2 Å². The number of anilines is 2.